The lowest BCUT2D eigenvalue weighted by atomic mass is 10.2. The number of hydrogen-bond donors (Lipinski definition) is 1. The van der Waals surface area contributed by atoms with Crippen LogP contribution in [0.1, 0.15) is 19.4 Å². The second-order valence-electron chi connectivity index (χ2n) is 3.64. The number of thioether (sulfide) groups is 1. The molecule has 0 aliphatic heterocycles. The van der Waals surface area contributed by atoms with E-state index < -0.39 is 13.2 Å². The van der Waals surface area contributed by atoms with Gasteiger partial charge in [0.1, 0.15) is 0 Å². The molecule has 0 saturated heterocycles. The number of benzene rings is 1. The first-order valence-electron chi connectivity index (χ1n) is 4.50. The van der Waals surface area contributed by atoms with E-state index in [4.69, 9.17) is 9.42 Å². The van der Waals surface area contributed by atoms with Crippen molar-refractivity contribution in [1.82, 2.24) is 0 Å². The summed E-state index contributed by atoms with van der Waals surface area (Å²) in [6.07, 6.45) is 0. The fourth-order valence-electron chi connectivity index (χ4n) is 1.10. The van der Waals surface area contributed by atoms with E-state index in [0.29, 0.717) is 0 Å². The minimum atomic E-state index is -2.56. The summed E-state index contributed by atoms with van der Waals surface area (Å²) in [6, 6.07) is 7.93. The second-order valence-corrected chi connectivity index (χ2v) is 5.96. The van der Waals surface area contributed by atoms with Crippen LogP contribution < -0.4 is 0 Å². The normalized spacial score (nSPS) is 12.7. The van der Waals surface area contributed by atoms with Gasteiger partial charge in [-0.2, -0.15) is 0 Å². The first kappa shape index (κ1) is 12.7. The molecule has 0 amide bonds. The Labute approximate surface area is 94.8 Å². The molecule has 0 saturated carbocycles. The third-order valence-corrected chi connectivity index (χ3v) is 3.50. The predicted octanol–water partition coefficient (Wildman–Crippen LogP) is 3.49. The molecule has 5 heteroatoms. The molecule has 3 nitrogen and oxygen atoms in total. The molecule has 0 bridgehead atoms. The van der Waals surface area contributed by atoms with Crippen molar-refractivity contribution in [2.75, 3.05) is 0 Å². The van der Waals surface area contributed by atoms with Crippen molar-refractivity contribution < 1.29 is 14.0 Å². The van der Waals surface area contributed by atoms with Crippen molar-refractivity contribution in [3.05, 3.63) is 29.8 Å². The Hall–Kier alpha value is -0.410. The SMILES string of the molecule is Cc1ccc(SC(C)(C)O[P+](=O)O)cc1. The highest BCUT2D eigenvalue weighted by Gasteiger charge is 2.31. The highest BCUT2D eigenvalue weighted by molar-refractivity contribution is 8.00. The third kappa shape index (κ3) is 4.76. The molecule has 1 aromatic rings. The minimum absolute atomic E-state index is 0.697. The lowest BCUT2D eigenvalue weighted by molar-refractivity contribution is 0.192. The third-order valence-electron chi connectivity index (χ3n) is 1.68. The van der Waals surface area contributed by atoms with Crippen molar-refractivity contribution in [2.45, 2.75) is 30.6 Å². The first-order valence-corrected chi connectivity index (χ1v) is 6.45. The fraction of sp³-hybridized carbons (Fsp3) is 0.400. The standard InChI is InChI=1S/C10H13O3PS/c1-8-4-6-9(7-5-8)15-10(2,3)13-14(11)12/h4-7H,1-3H3/p+1. The lowest BCUT2D eigenvalue weighted by Gasteiger charge is -2.15. The Morgan fingerprint density at radius 1 is 1.33 bits per heavy atom. The smallest absolute Gasteiger partial charge is 0.133 e. The quantitative estimate of drug-likeness (QED) is 0.501. The molecule has 1 atom stereocenters. The summed E-state index contributed by atoms with van der Waals surface area (Å²) < 4.78 is 15.5. The summed E-state index contributed by atoms with van der Waals surface area (Å²) in [6.45, 7) is 5.54. The summed E-state index contributed by atoms with van der Waals surface area (Å²) in [7, 11) is -2.56. The molecule has 1 N–H and O–H groups in total. The average Bonchev–Trinajstić information content (AvgIpc) is 2.06. The van der Waals surface area contributed by atoms with E-state index >= 15 is 0 Å². The molecule has 0 radical (unpaired) electrons. The van der Waals surface area contributed by atoms with Gasteiger partial charge in [0.2, 0.25) is 0 Å². The van der Waals surface area contributed by atoms with Gasteiger partial charge in [-0.3, -0.25) is 0 Å². The lowest BCUT2D eigenvalue weighted by Crippen LogP contribution is -2.15. The monoisotopic (exact) mass is 245 g/mol. The van der Waals surface area contributed by atoms with Crippen LogP contribution in [0, 0.1) is 6.92 Å². The molecule has 15 heavy (non-hydrogen) atoms. The minimum Gasteiger partial charge on any atom is -0.133 e. The molecule has 0 aliphatic carbocycles. The van der Waals surface area contributed by atoms with E-state index in [1.54, 1.807) is 13.8 Å². The number of hydrogen-bond acceptors (Lipinski definition) is 3. The van der Waals surface area contributed by atoms with Crippen LogP contribution in [0.5, 0.6) is 0 Å². The zero-order valence-corrected chi connectivity index (χ0v) is 10.6. The molecule has 82 valence electrons. The number of rotatable bonds is 4. The highest BCUT2D eigenvalue weighted by Crippen LogP contribution is 2.39. The molecule has 1 rings (SSSR count). The predicted molar refractivity (Wildman–Crippen MR) is 62.0 cm³/mol. The fourth-order valence-corrected chi connectivity index (χ4v) is 2.65. The van der Waals surface area contributed by atoms with Crippen LogP contribution in [0.3, 0.4) is 0 Å². The van der Waals surface area contributed by atoms with Crippen molar-refractivity contribution in [3.8, 4) is 0 Å². The zero-order chi connectivity index (χ0) is 11.5. The molecular formula is C10H14O3PS+. The van der Waals surface area contributed by atoms with Gasteiger partial charge in [0.05, 0.1) is 0 Å². The maximum Gasteiger partial charge on any atom is 0.696 e. The average molecular weight is 245 g/mol. The van der Waals surface area contributed by atoms with Gasteiger partial charge in [-0.15, -0.1) is 9.42 Å². The van der Waals surface area contributed by atoms with E-state index in [2.05, 4.69) is 0 Å². The molecule has 0 fully saturated rings. The Morgan fingerprint density at radius 2 is 1.87 bits per heavy atom. The second kappa shape index (κ2) is 5.08. The van der Waals surface area contributed by atoms with E-state index in [1.165, 1.54) is 17.3 Å². The van der Waals surface area contributed by atoms with Gasteiger partial charge < -0.3 is 0 Å². The molecular weight excluding hydrogens is 231 g/mol. The Kier molecular flexibility index (Phi) is 4.29. The van der Waals surface area contributed by atoms with Gasteiger partial charge in [-0.25, -0.2) is 0 Å². The van der Waals surface area contributed by atoms with E-state index in [1.807, 2.05) is 31.2 Å². The summed E-state index contributed by atoms with van der Waals surface area (Å²) in [5.41, 5.74) is 1.19. The largest absolute Gasteiger partial charge is 0.696 e. The number of aryl methyl sites for hydroxylation is 1. The summed E-state index contributed by atoms with van der Waals surface area (Å²) >= 11 is 1.42. The maximum atomic E-state index is 10.6. The zero-order valence-electron chi connectivity index (χ0n) is 8.93. The Balaban J connectivity index is 2.68. The Bertz CT molecular complexity index is 348. The topological polar surface area (TPSA) is 46.5 Å². The van der Waals surface area contributed by atoms with Crippen LogP contribution in [-0.4, -0.2) is 9.83 Å². The van der Waals surface area contributed by atoms with Crippen molar-refractivity contribution >= 4 is 20.0 Å². The molecule has 0 heterocycles. The summed E-state index contributed by atoms with van der Waals surface area (Å²) in [5, 5.41) is 0. The van der Waals surface area contributed by atoms with Crippen LogP contribution in [-0.2, 0) is 9.09 Å². The maximum absolute atomic E-state index is 10.6. The van der Waals surface area contributed by atoms with Crippen LogP contribution in [0.2, 0.25) is 0 Å². The molecule has 1 unspecified atom stereocenters. The van der Waals surface area contributed by atoms with Gasteiger partial charge >= 0.3 is 8.25 Å². The molecule has 0 aliphatic rings. The van der Waals surface area contributed by atoms with E-state index in [9.17, 15) is 4.57 Å². The van der Waals surface area contributed by atoms with Gasteiger partial charge in [-0.1, -0.05) is 29.5 Å². The van der Waals surface area contributed by atoms with E-state index in [-0.39, 0.29) is 0 Å². The van der Waals surface area contributed by atoms with Crippen LogP contribution >= 0.6 is 20.0 Å². The van der Waals surface area contributed by atoms with Gasteiger partial charge in [0.15, 0.2) is 4.93 Å². The van der Waals surface area contributed by atoms with Crippen LogP contribution in [0.15, 0.2) is 29.2 Å². The summed E-state index contributed by atoms with van der Waals surface area (Å²) in [5.74, 6) is 0. The van der Waals surface area contributed by atoms with Crippen molar-refractivity contribution in [2.24, 2.45) is 0 Å². The molecule has 0 spiro atoms. The summed E-state index contributed by atoms with van der Waals surface area (Å²) in [4.78, 5) is 9.00. The molecule has 0 aromatic heterocycles. The van der Waals surface area contributed by atoms with Crippen molar-refractivity contribution in [3.63, 3.8) is 0 Å². The van der Waals surface area contributed by atoms with Crippen molar-refractivity contribution in [1.29, 1.82) is 0 Å². The first-order chi connectivity index (χ1) is 6.89. The van der Waals surface area contributed by atoms with E-state index in [0.717, 1.165) is 4.90 Å². The van der Waals surface area contributed by atoms with Gasteiger partial charge in [0, 0.05) is 9.46 Å². The van der Waals surface area contributed by atoms with Gasteiger partial charge in [-0.05, 0) is 32.9 Å². The highest BCUT2D eigenvalue weighted by atomic mass is 32.2. The van der Waals surface area contributed by atoms with Gasteiger partial charge in [0.25, 0.3) is 0 Å². The van der Waals surface area contributed by atoms with Crippen LogP contribution in [0.4, 0.5) is 0 Å². The Morgan fingerprint density at radius 3 is 2.33 bits per heavy atom. The van der Waals surface area contributed by atoms with Crippen LogP contribution in [0.25, 0.3) is 0 Å². The molecule has 1 aromatic carbocycles.